The highest BCUT2D eigenvalue weighted by Gasteiger charge is 2.41. The predicted octanol–water partition coefficient (Wildman–Crippen LogP) is 13.7. The van der Waals surface area contributed by atoms with E-state index >= 15 is 0 Å². The molecule has 0 amide bonds. The van der Waals surface area contributed by atoms with Crippen LogP contribution in [0.3, 0.4) is 0 Å². The first-order valence-corrected chi connectivity index (χ1v) is 17.3. The van der Waals surface area contributed by atoms with Gasteiger partial charge in [-0.15, -0.1) is 0 Å². The minimum atomic E-state index is 0.240. The third-order valence-electron chi connectivity index (χ3n) is 10.3. The van der Waals surface area contributed by atoms with Crippen molar-refractivity contribution in [3.63, 3.8) is 0 Å². The Kier molecular flexibility index (Phi) is 13.0. The van der Waals surface area contributed by atoms with Crippen LogP contribution in [0.4, 0.5) is 0 Å². The van der Waals surface area contributed by atoms with Gasteiger partial charge in [-0.1, -0.05) is 168 Å². The van der Waals surface area contributed by atoms with Crippen LogP contribution in [0.2, 0.25) is 0 Å². The first-order valence-electron chi connectivity index (χ1n) is 17.3. The monoisotopic (exact) mass is 569 g/mol. The van der Waals surface area contributed by atoms with Gasteiger partial charge in [-0.3, -0.25) is 0 Å². The Balaban J connectivity index is 0.000000308. The molecule has 0 heterocycles. The maximum absolute atomic E-state index is 2.42. The van der Waals surface area contributed by atoms with E-state index in [9.17, 15) is 0 Å². The first-order chi connectivity index (χ1) is 18.2. The molecule has 4 unspecified atom stereocenters. The van der Waals surface area contributed by atoms with E-state index in [1.54, 1.807) is 0 Å². The predicted molar refractivity (Wildman–Crippen MR) is 188 cm³/mol. The van der Waals surface area contributed by atoms with Crippen LogP contribution in [-0.2, 0) is 10.8 Å². The highest BCUT2D eigenvalue weighted by atomic mass is 14.5. The summed E-state index contributed by atoms with van der Waals surface area (Å²) in [7, 11) is 0. The van der Waals surface area contributed by atoms with Gasteiger partial charge in [0.25, 0.3) is 0 Å². The number of rotatable bonds is 0. The van der Waals surface area contributed by atoms with E-state index in [1.807, 2.05) is 0 Å². The summed E-state index contributed by atoms with van der Waals surface area (Å²) in [6.45, 7) is 42.6. The quantitative estimate of drug-likeness (QED) is 0.292. The Bertz CT molecular complexity index is 813. The van der Waals surface area contributed by atoms with E-state index < -0.39 is 0 Å². The van der Waals surface area contributed by atoms with E-state index in [-0.39, 0.29) is 10.8 Å². The summed E-state index contributed by atoms with van der Waals surface area (Å²) in [4.78, 5) is 0. The molecule has 0 saturated heterocycles. The molecule has 0 bridgehead atoms. The summed E-state index contributed by atoms with van der Waals surface area (Å²) in [5.74, 6) is 3.73. The van der Waals surface area contributed by atoms with Crippen molar-refractivity contribution in [3.05, 3.63) is 35.4 Å². The molecule has 0 aliphatic heterocycles. The average molecular weight is 569 g/mol. The molecule has 3 rings (SSSR count). The van der Waals surface area contributed by atoms with Gasteiger partial charge in [0, 0.05) is 0 Å². The average Bonchev–Trinajstić information content (AvgIpc) is 3.29. The second-order valence-electron chi connectivity index (χ2n) is 20.2. The second-order valence-corrected chi connectivity index (χ2v) is 20.2. The zero-order valence-electron chi connectivity index (χ0n) is 31.6. The first kappa shape index (κ1) is 38.2. The van der Waals surface area contributed by atoms with E-state index in [2.05, 4.69) is 149 Å². The molecule has 2 saturated carbocycles. The van der Waals surface area contributed by atoms with Crippen molar-refractivity contribution in [1.82, 2.24) is 0 Å². The van der Waals surface area contributed by atoms with Crippen LogP contribution in [0.25, 0.3) is 0 Å². The number of hydrogen-bond donors (Lipinski definition) is 0. The summed E-state index contributed by atoms with van der Waals surface area (Å²) >= 11 is 0. The Hall–Kier alpha value is -0.780. The molecule has 2 aliphatic rings. The fourth-order valence-corrected chi connectivity index (χ4v) is 8.03. The number of benzene rings is 1. The Labute approximate surface area is 260 Å². The SMILES string of the molecule is CC(C)(C)C1CCCC1C(C)(C)C.CC(C)(C)C1CCCCC1C(C)(C)C.CC(C)(C)c1ccccc1C(C)(C)C. The molecule has 2 aliphatic carbocycles. The lowest BCUT2D eigenvalue weighted by atomic mass is 9.59. The van der Waals surface area contributed by atoms with E-state index in [1.165, 1.54) is 56.1 Å². The van der Waals surface area contributed by atoms with Crippen LogP contribution in [0.1, 0.15) is 181 Å². The Morgan fingerprint density at radius 2 is 0.585 bits per heavy atom. The lowest BCUT2D eigenvalue weighted by Gasteiger charge is -2.46. The topological polar surface area (TPSA) is 0 Å². The molecule has 0 heteroatoms. The van der Waals surface area contributed by atoms with E-state index in [4.69, 9.17) is 0 Å². The molecule has 0 N–H and O–H groups in total. The largest absolute Gasteiger partial charge is 0.0620 e. The molecule has 4 atom stereocenters. The smallest absolute Gasteiger partial charge is 0.0129 e. The molecule has 1 aromatic rings. The third-order valence-corrected chi connectivity index (χ3v) is 10.3. The van der Waals surface area contributed by atoms with Crippen LogP contribution in [-0.4, -0.2) is 0 Å². The standard InChI is InChI=1S/C14H28.C14H22.C13H26/c2*1-13(2,3)11-9-7-8-10-12(11)14(4,5)6;1-12(2,3)10-8-7-9-11(10)13(4,5)6/h11-12H,7-10H2,1-6H3;7-10H,1-6H3;10-11H,7-9H2,1-6H3. The van der Waals surface area contributed by atoms with Gasteiger partial charge in [-0.05, 0) is 93.0 Å². The van der Waals surface area contributed by atoms with E-state index in [0.717, 1.165) is 23.7 Å². The minimum absolute atomic E-state index is 0.240. The maximum Gasteiger partial charge on any atom is -0.0129 e. The summed E-state index contributed by atoms with van der Waals surface area (Å²) < 4.78 is 0. The molecule has 1 aromatic carbocycles. The Morgan fingerprint density at radius 3 is 0.780 bits per heavy atom. The highest BCUT2D eigenvalue weighted by molar-refractivity contribution is 5.37. The van der Waals surface area contributed by atoms with Gasteiger partial charge in [-0.25, -0.2) is 0 Å². The normalized spacial score (nSPS) is 24.6. The fourth-order valence-electron chi connectivity index (χ4n) is 8.03. The van der Waals surface area contributed by atoms with Gasteiger partial charge >= 0.3 is 0 Å². The van der Waals surface area contributed by atoms with Gasteiger partial charge in [0.05, 0.1) is 0 Å². The van der Waals surface area contributed by atoms with Crippen LogP contribution in [0.15, 0.2) is 24.3 Å². The van der Waals surface area contributed by atoms with Crippen LogP contribution in [0, 0.1) is 45.3 Å². The molecule has 240 valence electrons. The summed E-state index contributed by atoms with van der Waals surface area (Å²) in [6.07, 6.45) is 10.2. The highest BCUT2D eigenvalue weighted by Crippen LogP contribution is 2.51. The van der Waals surface area contributed by atoms with Gasteiger partial charge in [0.15, 0.2) is 0 Å². The molecule has 0 aromatic heterocycles. The summed E-state index contributed by atoms with van der Waals surface area (Å²) in [5.41, 5.74) is 5.42. The van der Waals surface area contributed by atoms with Crippen molar-refractivity contribution in [2.24, 2.45) is 45.3 Å². The van der Waals surface area contributed by atoms with Crippen molar-refractivity contribution in [3.8, 4) is 0 Å². The Morgan fingerprint density at radius 1 is 0.366 bits per heavy atom. The lowest BCUT2D eigenvalue weighted by Crippen LogP contribution is -2.38. The van der Waals surface area contributed by atoms with Crippen molar-refractivity contribution in [2.45, 2.75) is 180 Å². The lowest BCUT2D eigenvalue weighted by molar-refractivity contribution is 0.0335. The molecule has 41 heavy (non-hydrogen) atoms. The minimum Gasteiger partial charge on any atom is -0.0620 e. The third kappa shape index (κ3) is 12.0. The zero-order valence-corrected chi connectivity index (χ0v) is 31.6. The maximum atomic E-state index is 2.42. The van der Waals surface area contributed by atoms with Gasteiger partial charge in [0.2, 0.25) is 0 Å². The molecule has 0 nitrogen and oxygen atoms in total. The zero-order chi connectivity index (χ0) is 32.2. The van der Waals surface area contributed by atoms with Gasteiger partial charge in [0.1, 0.15) is 0 Å². The van der Waals surface area contributed by atoms with Crippen LogP contribution < -0.4 is 0 Å². The van der Waals surface area contributed by atoms with Gasteiger partial charge in [-0.2, -0.15) is 0 Å². The summed E-state index contributed by atoms with van der Waals surface area (Å²) in [6, 6.07) is 8.77. The van der Waals surface area contributed by atoms with E-state index in [0.29, 0.717) is 21.7 Å². The van der Waals surface area contributed by atoms with Crippen molar-refractivity contribution in [2.75, 3.05) is 0 Å². The molecule has 2 fully saturated rings. The van der Waals surface area contributed by atoms with Crippen molar-refractivity contribution in [1.29, 1.82) is 0 Å². The van der Waals surface area contributed by atoms with Crippen LogP contribution >= 0.6 is 0 Å². The molecular weight excluding hydrogens is 492 g/mol. The van der Waals surface area contributed by atoms with Crippen molar-refractivity contribution < 1.29 is 0 Å². The number of hydrogen-bond acceptors (Lipinski definition) is 0. The van der Waals surface area contributed by atoms with Crippen LogP contribution in [0.5, 0.6) is 0 Å². The second kappa shape index (κ2) is 13.9. The summed E-state index contributed by atoms with van der Waals surface area (Å²) in [5, 5.41) is 0. The molecule has 0 spiro atoms. The van der Waals surface area contributed by atoms with Crippen molar-refractivity contribution >= 4 is 0 Å². The van der Waals surface area contributed by atoms with Gasteiger partial charge < -0.3 is 0 Å². The molecular formula is C41H76. The molecule has 0 radical (unpaired) electrons. The fraction of sp³-hybridized carbons (Fsp3) is 0.854.